The third-order valence-electron chi connectivity index (χ3n) is 6.66. The van der Waals surface area contributed by atoms with Crippen LogP contribution in [0.15, 0.2) is 78.8 Å². The number of rotatable bonds is 7. The molecule has 0 saturated carbocycles. The maximum absolute atomic E-state index is 7.43. The van der Waals surface area contributed by atoms with Crippen molar-refractivity contribution >= 4 is 44.3 Å². The number of aryl methyl sites for hydroxylation is 2. The predicted octanol–water partition coefficient (Wildman–Crippen LogP) is 5.65. The Balaban J connectivity index is 1.53. The second kappa shape index (κ2) is 9.47. The zero-order valence-corrected chi connectivity index (χ0v) is 20.4. The van der Waals surface area contributed by atoms with Crippen molar-refractivity contribution in [3.05, 3.63) is 89.9 Å². The Morgan fingerprint density at radius 1 is 1.09 bits per heavy atom. The number of aromatic nitrogens is 2. The van der Waals surface area contributed by atoms with Crippen LogP contribution in [-0.4, -0.2) is 26.6 Å². The molecule has 174 valence electrons. The van der Waals surface area contributed by atoms with Crippen molar-refractivity contribution < 1.29 is 0 Å². The van der Waals surface area contributed by atoms with E-state index in [1.165, 1.54) is 55.8 Å². The molecule has 2 aromatic heterocycles. The van der Waals surface area contributed by atoms with Gasteiger partial charge in [-0.3, -0.25) is 5.41 Å². The minimum absolute atomic E-state index is 0.192. The van der Waals surface area contributed by atoms with Crippen LogP contribution in [0.5, 0.6) is 0 Å². The molecule has 0 unspecified atom stereocenters. The predicted molar refractivity (Wildman–Crippen MR) is 146 cm³/mol. The summed E-state index contributed by atoms with van der Waals surface area (Å²) in [5.41, 5.74) is 14.3. The second-order valence-corrected chi connectivity index (χ2v) is 10.0. The van der Waals surface area contributed by atoms with Crippen LogP contribution in [0.2, 0.25) is 0 Å². The van der Waals surface area contributed by atoms with Crippen molar-refractivity contribution in [2.75, 3.05) is 12.3 Å². The SMILES string of the molecule is C=C1NCCC(Cc2cn(CCCSC(=N)N)c3ccccc23)=C1c1cn(C)c2ccccc12. The van der Waals surface area contributed by atoms with Gasteiger partial charge in [-0.05, 0) is 37.0 Å². The fraction of sp³-hybridized carbons (Fsp3) is 0.250. The normalized spacial score (nSPS) is 14.2. The summed E-state index contributed by atoms with van der Waals surface area (Å²) in [6.07, 6.45) is 7.46. The van der Waals surface area contributed by atoms with Crippen molar-refractivity contribution in [1.29, 1.82) is 5.41 Å². The number of nitrogens with zero attached hydrogens (tertiary/aromatic N) is 2. The molecular formula is C28H31N5S. The quantitative estimate of drug-likeness (QED) is 0.186. The van der Waals surface area contributed by atoms with Crippen molar-refractivity contribution in [3.8, 4) is 0 Å². The zero-order chi connectivity index (χ0) is 23.7. The lowest BCUT2D eigenvalue weighted by molar-refractivity contribution is 0.706. The molecule has 5 rings (SSSR count). The lowest BCUT2D eigenvalue weighted by atomic mass is 9.88. The molecule has 0 spiro atoms. The van der Waals surface area contributed by atoms with Crippen molar-refractivity contribution in [2.24, 2.45) is 12.8 Å². The molecule has 0 saturated heterocycles. The molecule has 0 fully saturated rings. The summed E-state index contributed by atoms with van der Waals surface area (Å²) < 4.78 is 4.57. The first-order chi connectivity index (χ1) is 16.5. The molecule has 4 N–H and O–H groups in total. The molecule has 2 aromatic carbocycles. The number of nitrogens with two attached hydrogens (primary N) is 1. The van der Waals surface area contributed by atoms with Crippen molar-refractivity contribution in [3.63, 3.8) is 0 Å². The minimum Gasteiger partial charge on any atom is -0.385 e. The number of thioether (sulfide) groups is 1. The average molecular weight is 470 g/mol. The fourth-order valence-corrected chi connectivity index (χ4v) is 5.65. The summed E-state index contributed by atoms with van der Waals surface area (Å²) in [7, 11) is 2.11. The lowest BCUT2D eigenvalue weighted by Crippen LogP contribution is -2.22. The van der Waals surface area contributed by atoms with E-state index in [1.807, 2.05) is 0 Å². The highest BCUT2D eigenvalue weighted by molar-refractivity contribution is 8.13. The zero-order valence-electron chi connectivity index (χ0n) is 19.6. The third kappa shape index (κ3) is 4.26. The van der Waals surface area contributed by atoms with Crippen molar-refractivity contribution in [2.45, 2.75) is 25.8 Å². The van der Waals surface area contributed by atoms with E-state index in [1.54, 1.807) is 0 Å². The first-order valence-corrected chi connectivity index (χ1v) is 12.7. The van der Waals surface area contributed by atoms with Gasteiger partial charge in [0.1, 0.15) is 0 Å². The molecular weight excluding hydrogens is 438 g/mol. The van der Waals surface area contributed by atoms with Crippen LogP contribution in [0.3, 0.4) is 0 Å². The van der Waals surface area contributed by atoms with E-state index in [0.717, 1.165) is 43.8 Å². The molecule has 0 aliphatic carbocycles. The summed E-state index contributed by atoms with van der Waals surface area (Å²) >= 11 is 1.41. The van der Waals surface area contributed by atoms with E-state index < -0.39 is 0 Å². The van der Waals surface area contributed by atoms with Crippen molar-refractivity contribution in [1.82, 2.24) is 14.5 Å². The molecule has 4 aromatic rings. The fourth-order valence-electron chi connectivity index (χ4n) is 5.16. The Hall–Kier alpha value is -3.38. The first kappa shape index (κ1) is 22.4. The highest BCUT2D eigenvalue weighted by Crippen LogP contribution is 2.37. The van der Waals surface area contributed by atoms with Crippen LogP contribution in [-0.2, 0) is 20.0 Å². The van der Waals surface area contributed by atoms with Gasteiger partial charge < -0.3 is 20.2 Å². The maximum Gasteiger partial charge on any atom is 0.151 e. The average Bonchev–Trinajstić information content (AvgIpc) is 3.35. The molecule has 1 aliphatic rings. The monoisotopic (exact) mass is 469 g/mol. The number of allylic oxidation sites excluding steroid dienone is 1. The van der Waals surface area contributed by atoms with Gasteiger partial charge in [-0.15, -0.1) is 0 Å². The second-order valence-electron chi connectivity index (χ2n) is 8.91. The molecule has 6 heteroatoms. The largest absolute Gasteiger partial charge is 0.385 e. The number of hydrogen-bond acceptors (Lipinski definition) is 3. The summed E-state index contributed by atoms with van der Waals surface area (Å²) in [6.45, 7) is 6.24. The minimum atomic E-state index is 0.192. The van der Waals surface area contributed by atoms with E-state index >= 15 is 0 Å². The Labute approximate surface area is 204 Å². The highest BCUT2D eigenvalue weighted by atomic mass is 32.2. The van der Waals surface area contributed by atoms with Gasteiger partial charge in [0, 0.05) is 76.9 Å². The summed E-state index contributed by atoms with van der Waals surface area (Å²) in [6, 6.07) is 17.3. The third-order valence-corrected chi connectivity index (χ3v) is 7.47. The molecule has 34 heavy (non-hydrogen) atoms. The summed E-state index contributed by atoms with van der Waals surface area (Å²) in [4.78, 5) is 0. The van der Waals surface area contributed by atoms with E-state index in [-0.39, 0.29) is 5.17 Å². The number of amidine groups is 1. The highest BCUT2D eigenvalue weighted by Gasteiger charge is 2.22. The van der Waals surface area contributed by atoms with Crippen LogP contribution < -0.4 is 11.1 Å². The van der Waals surface area contributed by atoms with E-state index in [2.05, 4.69) is 89.0 Å². The van der Waals surface area contributed by atoms with Gasteiger partial charge in [0.2, 0.25) is 0 Å². The Morgan fingerprint density at radius 2 is 1.82 bits per heavy atom. The van der Waals surface area contributed by atoms with Crippen LogP contribution in [0.25, 0.3) is 27.4 Å². The van der Waals surface area contributed by atoms with Crippen LogP contribution in [0.4, 0.5) is 0 Å². The first-order valence-electron chi connectivity index (χ1n) is 11.8. The standard InChI is InChI=1S/C28H31N5S/c1-19-27(24-18-32(2)25-10-5-4-9-23(24)25)20(12-13-31-19)16-21-17-33(14-7-15-34-28(29)30)26-11-6-3-8-22(21)26/h3-6,8-11,17-18,31H,1,7,12-16H2,2H3,(H3,29,30). The maximum atomic E-state index is 7.43. The molecule has 5 nitrogen and oxygen atoms in total. The van der Waals surface area contributed by atoms with E-state index in [0.29, 0.717) is 0 Å². The van der Waals surface area contributed by atoms with Gasteiger partial charge in [-0.25, -0.2) is 0 Å². The topological polar surface area (TPSA) is 71.8 Å². The van der Waals surface area contributed by atoms with E-state index in [9.17, 15) is 0 Å². The molecule has 1 aliphatic heterocycles. The molecule has 0 amide bonds. The van der Waals surface area contributed by atoms with Gasteiger partial charge >= 0.3 is 0 Å². The van der Waals surface area contributed by atoms with E-state index in [4.69, 9.17) is 11.1 Å². The molecule has 0 radical (unpaired) electrons. The smallest absolute Gasteiger partial charge is 0.151 e. The van der Waals surface area contributed by atoms with Crippen LogP contribution >= 0.6 is 11.8 Å². The molecule has 0 bridgehead atoms. The van der Waals surface area contributed by atoms with Gasteiger partial charge in [-0.2, -0.15) is 0 Å². The van der Waals surface area contributed by atoms with Gasteiger partial charge in [0.25, 0.3) is 0 Å². The number of nitrogens with one attached hydrogen (secondary N) is 2. The van der Waals surface area contributed by atoms with Gasteiger partial charge in [-0.1, -0.05) is 60.3 Å². The Bertz CT molecular complexity index is 1420. The van der Waals surface area contributed by atoms with Gasteiger partial charge in [0.15, 0.2) is 5.17 Å². The Morgan fingerprint density at radius 3 is 2.62 bits per heavy atom. The Kier molecular flexibility index (Phi) is 6.24. The number of fused-ring (bicyclic) bond motifs is 2. The lowest BCUT2D eigenvalue weighted by Gasteiger charge is -2.24. The van der Waals surface area contributed by atoms with Gasteiger partial charge in [0.05, 0.1) is 0 Å². The summed E-state index contributed by atoms with van der Waals surface area (Å²) in [5, 5.41) is 13.7. The van der Waals surface area contributed by atoms with Crippen LogP contribution in [0.1, 0.15) is 24.0 Å². The number of benzene rings is 2. The molecule has 0 atom stereocenters. The summed E-state index contributed by atoms with van der Waals surface area (Å²) in [5.74, 6) is 0.860. The molecule has 3 heterocycles. The number of hydrogen-bond donors (Lipinski definition) is 3. The van der Waals surface area contributed by atoms with Crippen LogP contribution in [0, 0.1) is 5.41 Å². The number of para-hydroxylation sites is 2.